The molecular weight excluding hydrogens is 372 g/mol. The van der Waals surface area contributed by atoms with Crippen LogP contribution in [0.15, 0.2) is 35.1 Å². The highest BCUT2D eigenvalue weighted by molar-refractivity contribution is 6.30. The second-order valence-corrected chi connectivity index (χ2v) is 6.65. The van der Waals surface area contributed by atoms with E-state index in [1.807, 2.05) is 0 Å². The fourth-order valence-corrected chi connectivity index (χ4v) is 3.22. The number of carbonyl (C=O) groups excluding carboxylic acids is 2. The Balaban J connectivity index is 2.11. The number of ketones is 1. The number of rotatable bonds is 5. The average Bonchev–Trinajstić information content (AvgIpc) is 2.62. The standard InChI is InChI=1S/C19H17ClN2O5/c20-11-4-6-12(7-5-11)22-15-2-1-3-16(23)13(15)10-14(19(22)27)18(26)21-9-8-17(24)25/h4-7,10H,1-3,8-9H2,(H,21,26)(H,24,25). The summed E-state index contributed by atoms with van der Waals surface area (Å²) in [6, 6.07) is 7.87. The Labute approximate surface area is 159 Å². The Hall–Kier alpha value is -2.93. The molecule has 2 N–H and O–H groups in total. The van der Waals surface area contributed by atoms with Crippen LogP contribution in [0.2, 0.25) is 5.02 Å². The number of carbonyl (C=O) groups is 3. The van der Waals surface area contributed by atoms with Crippen LogP contribution in [0.3, 0.4) is 0 Å². The number of nitrogens with one attached hydrogen (secondary N) is 1. The maximum absolute atomic E-state index is 13.0. The van der Waals surface area contributed by atoms with Gasteiger partial charge in [-0.05, 0) is 43.2 Å². The molecule has 0 radical (unpaired) electrons. The number of halogens is 1. The summed E-state index contributed by atoms with van der Waals surface area (Å²) in [7, 11) is 0. The first-order valence-corrected chi connectivity index (χ1v) is 8.84. The smallest absolute Gasteiger partial charge is 0.305 e. The van der Waals surface area contributed by atoms with Crippen LogP contribution in [0.1, 0.15) is 45.7 Å². The van der Waals surface area contributed by atoms with Gasteiger partial charge in [-0.2, -0.15) is 0 Å². The number of hydrogen-bond donors (Lipinski definition) is 2. The number of carboxylic acid groups (broad SMARTS) is 1. The molecule has 27 heavy (non-hydrogen) atoms. The molecule has 3 rings (SSSR count). The lowest BCUT2D eigenvalue weighted by molar-refractivity contribution is -0.136. The summed E-state index contributed by atoms with van der Waals surface area (Å²) in [4.78, 5) is 48.4. The van der Waals surface area contributed by atoms with Crippen molar-refractivity contribution < 1.29 is 19.5 Å². The van der Waals surface area contributed by atoms with Gasteiger partial charge in [-0.3, -0.25) is 23.7 Å². The summed E-state index contributed by atoms with van der Waals surface area (Å²) in [6.45, 7) is -0.112. The minimum absolute atomic E-state index is 0.112. The number of aliphatic carboxylic acids is 1. The quantitative estimate of drug-likeness (QED) is 0.816. The van der Waals surface area contributed by atoms with E-state index in [4.69, 9.17) is 16.7 Å². The maximum atomic E-state index is 13.0. The molecule has 0 unspecified atom stereocenters. The first kappa shape index (κ1) is 18.8. The lowest BCUT2D eigenvalue weighted by Crippen LogP contribution is -2.36. The second kappa shape index (κ2) is 7.75. The molecule has 1 aromatic heterocycles. The highest BCUT2D eigenvalue weighted by Gasteiger charge is 2.26. The molecule has 140 valence electrons. The topological polar surface area (TPSA) is 105 Å². The molecule has 0 fully saturated rings. The number of nitrogens with zero attached hydrogens (tertiary/aromatic N) is 1. The molecule has 1 aliphatic rings. The molecule has 2 aromatic rings. The number of carboxylic acids is 1. The lowest BCUT2D eigenvalue weighted by atomic mass is 9.92. The van der Waals surface area contributed by atoms with Crippen LogP contribution in [0.5, 0.6) is 0 Å². The Morgan fingerprint density at radius 3 is 2.52 bits per heavy atom. The summed E-state index contributed by atoms with van der Waals surface area (Å²) >= 11 is 5.92. The number of benzene rings is 1. The van der Waals surface area contributed by atoms with Crippen LogP contribution < -0.4 is 10.9 Å². The van der Waals surface area contributed by atoms with E-state index in [9.17, 15) is 19.2 Å². The number of Topliss-reactive ketones (excluding diaryl/α,β-unsaturated/α-hetero) is 1. The molecule has 1 heterocycles. The Kier molecular flexibility index (Phi) is 5.41. The van der Waals surface area contributed by atoms with Gasteiger partial charge in [0, 0.05) is 34.9 Å². The van der Waals surface area contributed by atoms with Gasteiger partial charge in [0.05, 0.1) is 6.42 Å². The third-order valence-electron chi connectivity index (χ3n) is 4.37. The van der Waals surface area contributed by atoms with Gasteiger partial charge in [-0.25, -0.2) is 0 Å². The van der Waals surface area contributed by atoms with Gasteiger partial charge in [-0.15, -0.1) is 0 Å². The van der Waals surface area contributed by atoms with E-state index >= 15 is 0 Å². The first-order valence-electron chi connectivity index (χ1n) is 8.46. The van der Waals surface area contributed by atoms with Crippen molar-refractivity contribution in [2.45, 2.75) is 25.7 Å². The van der Waals surface area contributed by atoms with Crippen LogP contribution in [0, 0.1) is 0 Å². The SMILES string of the molecule is O=C(O)CCNC(=O)c1cc2c(n(-c3ccc(Cl)cc3)c1=O)CCCC2=O. The average molecular weight is 389 g/mol. The fraction of sp³-hybridized carbons (Fsp3) is 0.263. The minimum atomic E-state index is -1.06. The third-order valence-corrected chi connectivity index (χ3v) is 4.63. The van der Waals surface area contributed by atoms with Gasteiger partial charge in [0.25, 0.3) is 11.5 Å². The highest BCUT2D eigenvalue weighted by atomic mass is 35.5. The van der Waals surface area contributed by atoms with Crippen molar-refractivity contribution in [1.82, 2.24) is 9.88 Å². The van der Waals surface area contributed by atoms with Crippen LogP contribution in [0.25, 0.3) is 5.69 Å². The van der Waals surface area contributed by atoms with E-state index in [1.54, 1.807) is 24.3 Å². The van der Waals surface area contributed by atoms with E-state index in [2.05, 4.69) is 5.32 Å². The van der Waals surface area contributed by atoms with Crippen molar-refractivity contribution in [2.75, 3.05) is 6.54 Å². The molecule has 0 saturated heterocycles. The Bertz CT molecular complexity index is 979. The molecule has 0 saturated carbocycles. The molecule has 0 spiro atoms. The van der Waals surface area contributed by atoms with Crippen LogP contribution >= 0.6 is 11.6 Å². The van der Waals surface area contributed by atoms with E-state index in [-0.39, 0.29) is 24.3 Å². The molecule has 0 atom stereocenters. The van der Waals surface area contributed by atoms with E-state index < -0.39 is 17.4 Å². The van der Waals surface area contributed by atoms with Crippen LogP contribution in [0.4, 0.5) is 0 Å². The lowest BCUT2D eigenvalue weighted by Gasteiger charge is -2.21. The Morgan fingerprint density at radius 1 is 1.15 bits per heavy atom. The summed E-state index contributed by atoms with van der Waals surface area (Å²) < 4.78 is 1.37. The molecule has 1 aromatic carbocycles. The van der Waals surface area contributed by atoms with Crippen LogP contribution in [-0.4, -0.2) is 33.9 Å². The fourth-order valence-electron chi connectivity index (χ4n) is 3.10. The van der Waals surface area contributed by atoms with Gasteiger partial charge in [0.1, 0.15) is 5.56 Å². The predicted molar refractivity (Wildman–Crippen MR) is 98.9 cm³/mol. The van der Waals surface area contributed by atoms with Crippen molar-refractivity contribution in [3.8, 4) is 5.69 Å². The molecule has 0 aliphatic heterocycles. The number of amides is 1. The molecule has 1 aliphatic carbocycles. The second-order valence-electron chi connectivity index (χ2n) is 6.21. The third kappa shape index (κ3) is 3.93. The summed E-state index contributed by atoms with van der Waals surface area (Å²) in [6.07, 6.45) is 1.26. The zero-order valence-corrected chi connectivity index (χ0v) is 15.1. The molecule has 8 heteroatoms. The van der Waals surface area contributed by atoms with Gasteiger partial charge in [0.15, 0.2) is 5.78 Å². The largest absolute Gasteiger partial charge is 0.481 e. The van der Waals surface area contributed by atoms with E-state index in [0.29, 0.717) is 41.2 Å². The van der Waals surface area contributed by atoms with Crippen molar-refractivity contribution in [3.05, 3.63) is 62.5 Å². The van der Waals surface area contributed by atoms with Crippen molar-refractivity contribution >= 4 is 29.3 Å². The Morgan fingerprint density at radius 2 is 1.85 bits per heavy atom. The van der Waals surface area contributed by atoms with E-state index in [0.717, 1.165) is 0 Å². The number of fused-ring (bicyclic) bond motifs is 1. The summed E-state index contributed by atoms with van der Waals surface area (Å²) in [5.41, 5.74) is 0.679. The zero-order chi connectivity index (χ0) is 19.6. The number of hydrogen-bond acceptors (Lipinski definition) is 4. The van der Waals surface area contributed by atoms with Crippen molar-refractivity contribution in [1.29, 1.82) is 0 Å². The number of aromatic nitrogens is 1. The first-order chi connectivity index (χ1) is 12.9. The summed E-state index contributed by atoms with van der Waals surface area (Å²) in [5, 5.41) is 11.6. The molecule has 1 amide bonds. The van der Waals surface area contributed by atoms with Crippen LogP contribution in [-0.2, 0) is 11.2 Å². The minimum Gasteiger partial charge on any atom is -0.481 e. The molecular formula is C19H17ClN2O5. The molecule has 7 nitrogen and oxygen atoms in total. The van der Waals surface area contributed by atoms with Gasteiger partial charge >= 0.3 is 5.97 Å². The zero-order valence-electron chi connectivity index (χ0n) is 14.3. The van der Waals surface area contributed by atoms with Gasteiger partial charge in [-0.1, -0.05) is 11.6 Å². The number of pyridine rings is 1. The highest BCUT2D eigenvalue weighted by Crippen LogP contribution is 2.24. The monoisotopic (exact) mass is 388 g/mol. The predicted octanol–water partition coefficient (Wildman–Crippen LogP) is 2.21. The van der Waals surface area contributed by atoms with Gasteiger partial charge < -0.3 is 10.4 Å². The normalized spacial score (nSPS) is 13.1. The van der Waals surface area contributed by atoms with E-state index in [1.165, 1.54) is 10.6 Å². The maximum Gasteiger partial charge on any atom is 0.305 e. The molecule has 0 bridgehead atoms. The van der Waals surface area contributed by atoms with Gasteiger partial charge in [0.2, 0.25) is 0 Å². The summed E-state index contributed by atoms with van der Waals surface area (Å²) in [5.74, 6) is -1.89. The van der Waals surface area contributed by atoms with Crippen molar-refractivity contribution in [3.63, 3.8) is 0 Å². The van der Waals surface area contributed by atoms with Crippen molar-refractivity contribution in [2.24, 2.45) is 0 Å².